The maximum Gasteiger partial charge on any atom is 0.0750 e. The monoisotopic (exact) mass is 206 g/mol. The number of rotatable bonds is 3. The first-order chi connectivity index (χ1) is 6.91. The summed E-state index contributed by atoms with van der Waals surface area (Å²) in [4.78, 5) is 0. The summed E-state index contributed by atoms with van der Waals surface area (Å²) in [5.41, 5.74) is 1.88. The van der Waals surface area contributed by atoms with Crippen LogP contribution < -0.4 is 0 Å². The van der Waals surface area contributed by atoms with Gasteiger partial charge >= 0.3 is 0 Å². The van der Waals surface area contributed by atoms with Gasteiger partial charge in [-0.2, -0.15) is 0 Å². The van der Waals surface area contributed by atoms with Crippen LogP contribution in [0.15, 0.2) is 12.2 Å². The molecule has 4 fully saturated rings. The normalized spacial score (nSPS) is 56.9. The van der Waals surface area contributed by atoms with Gasteiger partial charge in [0.2, 0.25) is 0 Å². The molecule has 0 spiro atoms. The molecular weight excluding hydrogens is 184 g/mol. The molecule has 1 N–H and O–H groups in total. The highest BCUT2D eigenvalue weighted by Crippen LogP contribution is 2.87. The summed E-state index contributed by atoms with van der Waals surface area (Å²) in [7, 11) is 0. The molecular formula is C14H22O. The summed E-state index contributed by atoms with van der Waals surface area (Å²) in [6, 6.07) is 0. The molecule has 4 bridgehead atoms. The SMILES string of the molecule is C=C(C)C(O)C[C@]1(C)C2CC3[C@H](C2)C31C. The molecule has 4 saturated carbocycles. The molecule has 0 radical (unpaired) electrons. The third-order valence-corrected chi connectivity index (χ3v) is 6.31. The minimum atomic E-state index is -0.285. The van der Waals surface area contributed by atoms with Gasteiger partial charge in [-0.05, 0) is 54.8 Å². The van der Waals surface area contributed by atoms with E-state index >= 15 is 0 Å². The number of aliphatic hydroxyl groups excluding tert-OH is 1. The van der Waals surface area contributed by atoms with E-state index in [0.29, 0.717) is 10.8 Å². The van der Waals surface area contributed by atoms with Crippen LogP contribution in [0.25, 0.3) is 0 Å². The Hall–Kier alpha value is -0.300. The van der Waals surface area contributed by atoms with E-state index in [1.165, 1.54) is 12.8 Å². The van der Waals surface area contributed by atoms with Crippen LogP contribution in [0, 0.1) is 28.6 Å². The highest BCUT2D eigenvalue weighted by molar-refractivity contribution is 5.29. The van der Waals surface area contributed by atoms with E-state index in [4.69, 9.17) is 0 Å². The summed E-state index contributed by atoms with van der Waals surface area (Å²) >= 11 is 0. The summed E-state index contributed by atoms with van der Waals surface area (Å²) in [5.74, 6) is 2.86. The molecule has 6 atom stereocenters. The Balaban J connectivity index is 1.84. The Bertz CT molecular complexity index is 320. The van der Waals surface area contributed by atoms with Gasteiger partial charge in [0.1, 0.15) is 0 Å². The van der Waals surface area contributed by atoms with E-state index in [0.717, 1.165) is 29.7 Å². The summed E-state index contributed by atoms with van der Waals surface area (Å²) in [6.45, 7) is 10.7. The van der Waals surface area contributed by atoms with Crippen molar-refractivity contribution >= 4 is 0 Å². The Morgan fingerprint density at radius 2 is 1.93 bits per heavy atom. The Morgan fingerprint density at radius 3 is 2.27 bits per heavy atom. The predicted octanol–water partition coefficient (Wildman–Crippen LogP) is 3.00. The van der Waals surface area contributed by atoms with Crippen LogP contribution in [0.4, 0.5) is 0 Å². The molecule has 0 saturated heterocycles. The van der Waals surface area contributed by atoms with Gasteiger partial charge in [-0.3, -0.25) is 0 Å². The lowest BCUT2D eigenvalue weighted by molar-refractivity contribution is 0.0752. The van der Waals surface area contributed by atoms with Crippen LogP contribution >= 0.6 is 0 Å². The second-order valence-corrected chi connectivity index (χ2v) is 6.65. The Labute approximate surface area is 92.6 Å². The fraction of sp³-hybridized carbons (Fsp3) is 0.857. The molecule has 1 heteroatoms. The van der Waals surface area contributed by atoms with Crippen molar-refractivity contribution in [1.29, 1.82) is 0 Å². The molecule has 0 aromatic rings. The van der Waals surface area contributed by atoms with Crippen molar-refractivity contribution in [3.05, 3.63) is 12.2 Å². The number of hydrogen-bond donors (Lipinski definition) is 1. The van der Waals surface area contributed by atoms with Gasteiger partial charge in [0.05, 0.1) is 6.10 Å². The average molecular weight is 206 g/mol. The molecule has 0 aliphatic heterocycles. The zero-order valence-corrected chi connectivity index (χ0v) is 10.1. The van der Waals surface area contributed by atoms with Crippen molar-refractivity contribution in [3.63, 3.8) is 0 Å². The minimum Gasteiger partial charge on any atom is -0.389 e. The molecule has 0 heterocycles. The molecule has 15 heavy (non-hydrogen) atoms. The van der Waals surface area contributed by atoms with E-state index in [-0.39, 0.29) is 6.10 Å². The maximum atomic E-state index is 10.0. The smallest absolute Gasteiger partial charge is 0.0750 e. The van der Waals surface area contributed by atoms with Crippen LogP contribution in [0.2, 0.25) is 0 Å². The quantitative estimate of drug-likeness (QED) is 0.704. The van der Waals surface area contributed by atoms with Gasteiger partial charge in [-0.15, -0.1) is 0 Å². The Kier molecular flexibility index (Phi) is 1.65. The molecule has 0 aromatic heterocycles. The van der Waals surface area contributed by atoms with Gasteiger partial charge in [0.15, 0.2) is 0 Å². The van der Waals surface area contributed by atoms with Gasteiger partial charge < -0.3 is 5.11 Å². The first-order valence-electron chi connectivity index (χ1n) is 6.24. The van der Waals surface area contributed by atoms with E-state index in [2.05, 4.69) is 20.4 Å². The van der Waals surface area contributed by atoms with E-state index in [1.807, 2.05) is 6.92 Å². The third-order valence-electron chi connectivity index (χ3n) is 6.31. The molecule has 0 amide bonds. The maximum absolute atomic E-state index is 10.0. The Morgan fingerprint density at radius 1 is 1.40 bits per heavy atom. The van der Waals surface area contributed by atoms with Gasteiger partial charge in [0.25, 0.3) is 0 Å². The first kappa shape index (κ1) is 9.89. The topological polar surface area (TPSA) is 20.2 Å². The fourth-order valence-corrected chi connectivity index (χ4v) is 4.99. The van der Waals surface area contributed by atoms with Crippen LogP contribution in [0.3, 0.4) is 0 Å². The third kappa shape index (κ3) is 0.898. The second-order valence-electron chi connectivity index (χ2n) is 6.65. The van der Waals surface area contributed by atoms with E-state index in [1.54, 1.807) is 0 Å². The predicted molar refractivity (Wildman–Crippen MR) is 61.4 cm³/mol. The number of aliphatic hydroxyl groups is 1. The number of hydrogen-bond acceptors (Lipinski definition) is 1. The lowest BCUT2D eigenvalue weighted by atomic mass is 9.70. The lowest BCUT2D eigenvalue weighted by Crippen LogP contribution is -2.32. The largest absolute Gasteiger partial charge is 0.389 e. The fourth-order valence-electron chi connectivity index (χ4n) is 4.99. The zero-order valence-electron chi connectivity index (χ0n) is 10.1. The molecule has 0 aromatic carbocycles. The molecule has 4 aliphatic carbocycles. The van der Waals surface area contributed by atoms with Crippen molar-refractivity contribution in [1.82, 2.24) is 0 Å². The molecule has 84 valence electrons. The standard InChI is InChI=1S/C14H22O/c1-8(2)12(15)7-13(3)9-5-10-11(6-9)14(10,13)4/h9-12,15H,1,5-7H2,2-4H3/t9?,10-,11?,12?,13+,14?/m0/s1. The molecule has 4 aliphatic rings. The zero-order chi connectivity index (χ0) is 11.0. The van der Waals surface area contributed by atoms with Gasteiger partial charge in [-0.1, -0.05) is 26.0 Å². The van der Waals surface area contributed by atoms with Crippen molar-refractivity contribution in [2.24, 2.45) is 28.6 Å². The van der Waals surface area contributed by atoms with Gasteiger partial charge in [-0.25, -0.2) is 0 Å². The first-order valence-corrected chi connectivity index (χ1v) is 6.24. The average Bonchev–Trinajstić information content (AvgIpc) is 2.54. The second kappa shape index (κ2) is 2.51. The minimum absolute atomic E-state index is 0.285. The van der Waals surface area contributed by atoms with Crippen molar-refractivity contribution in [3.8, 4) is 0 Å². The molecule has 1 nitrogen and oxygen atoms in total. The van der Waals surface area contributed by atoms with Crippen LogP contribution in [0.1, 0.15) is 40.0 Å². The summed E-state index contributed by atoms with van der Waals surface area (Å²) < 4.78 is 0. The van der Waals surface area contributed by atoms with Crippen molar-refractivity contribution in [2.45, 2.75) is 46.1 Å². The lowest BCUT2D eigenvalue weighted by Gasteiger charge is -2.36. The summed E-state index contributed by atoms with van der Waals surface area (Å²) in [5, 5.41) is 10.0. The van der Waals surface area contributed by atoms with Crippen LogP contribution in [-0.4, -0.2) is 11.2 Å². The molecule has 4 rings (SSSR count). The highest BCUT2D eigenvalue weighted by Gasteiger charge is 2.81. The highest BCUT2D eigenvalue weighted by atomic mass is 16.3. The van der Waals surface area contributed by atoms with Crippen molar-refractivity contribution in [2.75, 3.05) is 0 Å². The van der Waals surface area contributed by atoms with Crippen LogP contribution in [-0.2, 0) is 0 Å². The van der Waals surface area contributed by atoms with Crippen LogP contribution in [0.5, 0.6) is 0 Å². The van der Waals surface area contributed by atoms with Crippen molar-refractivity contribution < 1.29 is 5.11 Å². The van der Waals surface area contributed by atoms with E-state index < -0.39 is 0 Å². The molecule has 4 unspecified atom stereocenters. The summed E-state index contributed by atoms with van der Waals surface area (Å²) in [6.07, 6.45) is 3.52. The van der Waals surface area contributed by atoms with Gasteiger partial charge in [0, 0.05) is 0 Å². The van der Waals surface area contributed by atoms with E-state index in [9.17, 15) is 5.11 Å².